The van der Waals surface area contributed by atoms with E-state index >= 15 is 0 Å². The van der Waals surface area contributed by atoms with Gasteiger partial charge in [0, 0.05) is 0 Å². The summed E-state index contributed by atoms with van der Waals surface area (Å²) in [5.41, 5.74) is 0. The summed E-state index contributed by atoms with van der Waals surface area (Å²) in [5, 5.41) is 0. The van der Waals surface area contributed by atoms with E-state index < -0.39 is 0 Å². The summed E-state index contributed by atoms with van der Waals surface area (Å²) in [6.45, 7) is 2.47. The van der Waals surface area contributed by atoms with Crippen LogP contribution in [0.3, 0.4) is 0 Å². The summed E-state index contributed by atoms with van der Waals surface area (Å²) < 4.78 is 17.5. The first kappa shape index (κ1) is 8.05. The molecule has 0 aromatic heterocycles. The molecule has 0 saturated heterocycles. The van der Waals surface area contributed by atoms with Crippen molar-refractivity contribution in [1.82, 2.24) is 0 Å². The van der Waals surface area contributed by atoms with Gasteiger partial charge in [0.2, 0.25) is 0 Å². The van der Waals surface area contributed by atoms with E-state index in [9.17, 15) is 4.39 Å². The van der Waals surface area contributed by atoms with Gasteiger partial charge in [0.1, 0.15) is 11.6 Å². The highest BCUT2D eigenvalue weighted by Gasteiger charge is 1.91. The summed E-state index contributed by atoms with van der Waals surface area (Å²) in [4.78, 5) is 0. The lowest BCUT2D eigenvalue weighted by molar-refractivity contribution is 0.349. The molecule has 11 heavy (non-hydrogen) atoms. The van der Waals surface area contributed by atoms with Crippen molar-refractivity contribution in [3.8, 4) is 5.75 Å². The van der Waals surface area contributed by atoms with Crippen LogP contribution in [0.4, 0.5) is 4.39 Å². The number of halogens is 1. The molecule has 0 aliphatic rings. The third kappa shape index (κ3) is 2.58. The molecule has 0 atom stereocenters. The normalized spacial score (nSPS) is 9.64. The van der Waals surface area contributed by atoms with E-state index in [1.807, 2.05) is 13.3 Å². The van der Waals surface area contributed by atoms with Crippen molar-refractivity contribution in [2.24, 2.45) is 0 Å². The Hall–Kier alpha value is -1.05. The van der Waals surface area contributed by atoms with Crippen molar-refractivity contribution in [1.29, 1.82) is 0 Å². The molecule has 0 amide bonds. The van der Waals surface area contributed by atoms with Crippen LogP contribution in [0.15, 0.2) is 24.3 Å². The number of hydrogen-bond acceptors (Lipinski definition) is 1. The molecule has 59 valence electrons. The molecule has 0 unspecified atom stereocenters. The van der Waals surface area contributed by atoms with E-state index in [-0.39, 0.29) is 5.82 Å². The van der Waals surface area contributed by atoms with Crippen LogP contribution in [0.2, 0.25) is 0 Å². The highest BCUT2D eigenvalue weighted by Crippen LogP contribution is 2.10. The van der Waals surface area contributed by atoms with Gasteiger partial charge in [-0.15, -0.1) is 0 Å². The smallest absolute Gasteiger partial charge is 0.123 e. The predicted molar refractivity (Wildman–Crippen MR) is 41.9 cm³/mol. The van der Waals surface area contributed by atoms with Crippen LogP contribution in [0.5, 0.6) is 5.75 Å². The van der Waals surface area contributed by atoms with E-state index in [1.54, 1.807) is 12.1 Å². The van der Waals surface area contributed by atoms with Gasteiger partial charge in [-0.3, -0.25) is 0 Å². The molecule has 0 aliphatic heterocycles. The van der Waals surface area contributed by atoms with Gasteiger partial charge >= 0.3 is 0 Å². The Morgan fingerprint density at radius 1 is 1.36 bits per heavy atom. The first-order valence-electron chi connectivity index (χ1n) is 3.49. The third-order valence-electron chi connectivity index (χ3n) is 1.23. The summed E-state index contributed by atoms with van der Waals surface area (Å²) in [6, 6.07) is 5.98. The zero-order valence-corrected chi connectivity index (χ0v) is 6.38. The molecule has 0 bridgehead atoms. The molecule has 0 fully saturated rings. The van der Waals surface area contributed by atoms with Crippen LogP contribution in [-0.2, 0) is 0 Å². The molecular formula is C9H10FO. The van der Waals surface area contributed by atoms with Crippen LogP contribution < -0.4 is 4.74 Å². The molecule has 0 aliphatic carbocycles. The van der Waals surface area contributed by atoms with Gasteiger partial charge in [0.25, 0.3) is 0 Å². The average Bonchev–Trinajstić information content (AvgIpc) is 2.04. The molecule has 1 rings (SSSR count). The molecule has 2 heteroatoms. The van der Waals surface area contributed by atoms with Gasteiger partial charge < -0.3 is 4.74 Å². The van der Waals surface area contributed by atoms with Crippen LogP contribution >= 0.6 is 0 Å². The molecular weight excluding hydrogens is 143 g/mol. The molecule has 1 aromatic rings. The molecule has 0 heterocycles. The highest BCUT2D eigenvalue weighted by molar-refractivity contribution is 5.22. The average molecular weight is 153 g/mol. The zero-order valence-electron chi connectivity index (χ0n) is 6.38. The third-order valence-corrected chi connectivity index (χ3v) is 1.23. The SMILES string of the molecule is C[CH]COc1ccc(F)cc1. The second kappa shape index (κ2) is 3.96. The minimum atomic E-state index is -0.238. The van der Waals surface area contributed by atoms with Crippen molar-refractivity contribution < 1.29 is 9.13 Å². The van der Waals surface area contributed by atoms with Crippen LogP contribution in [0.25, 0.3) is 0 Å². The largest absolute Gasteiger partial charge is 0.493 e. The van der Waals surface area contributed by atoms with Gasteiger partial charge in [-0.2, -0.15) is 0 Å². The van der Waals surface area contributed by atoms with Gasteiger partial charge in [-0.25, -0.2) is 4.39 Å². The minimum Gasteiger partial charge on any atom is -0.493 e. The number of benzene rings is 1. The van der Waals surface area contributed by atoms with E-state index in [0.717, 1.165) is 0 Å². The maximum atomic E-state index is 12.3. The van der Waals surface area contributed by atoms with Crippen LogP contribution in [0, 0.1) is 12.2 Å². The molecule has 1 nitrogen and oxygen atoms in total. The van der Waals surface area contributed by atoms with Crippen molar-refractivity contribution in [3.05, 3.63) is 36.5 Å². The summed E-state index contributed by atoms with van der Waals surface area (Å²) in [6.07, 6.45) is 1.89. The highest BCUT2D eigenvalue weighted by atomic mass is 19.1. The Kier molecular flexibility index (Phi) is 2.90. The molecule has 0 N–H and O–H groups in total. The maximum Gasteiger partial charge on any atom is 0.123 e. The number of rotatable bonds is 3. The predicted octanol–water partition coefficient (Wildman–Crippen LogP) is 2.43. The Labute approximate surface area is 65.8 Å². The summed E-state index contributed by atoms with van der Waals surface area (Å²) >= 11 is 0. The van der Waals surface area contributed by atoms with E-state index in [2.05, 4.69) is 0 Å². The second-order valence-electron chi connectivity index (χ2n) is 2.17. The van der Waals surface area contributed by atoms with E-state index in [1.165, 1.54) is 12.1 Å². The zero-order chi connectivity index (χ0) is 8.10. The second-order valence-corrected chi connectivity index (χ2v) is 2.17. The van der Waals surface area contributed by atoms with Crippen molar-refractivity contribution in [2.45, 2.75) is 6.92 Å². The Morgan fingerprint density at radius 2 is 2.00 bits per heavy atom. The molecule has 0 spiro atoms. The molecule has 1 radical (unpaired) electrons. The van der Waals surface area contributed by atoms with Crippen molar-refractivity contribution >= 4 is 0 Å². The lowest BCUT2D eigenvalue weighted by atomic mass is 10.3. The monoisotopic (exact) mass is 153 g/mol. The van der Waals surface area contributed by atoms with E-state index in [4.69, 9.17) is 4.74 Å². The lowest BCUT2D eigenvalue weighted by Gasteiger charge is -2.02. The molecule has 1 aromatic carbocycles. The molecule has 0 saturated carbocycles. The topological polar surface area (TPSA) is 9.23 Å². The van der Waals surface area contributed by atoms with E-state index in [0.29, 0.717) is 12.4 Å². The Morgan fingerprint density at radius 3 is 2.55 bits per heavy atom. The fraction of sp³-hybridized carbons (Fsp3) is 0.222. The van der Waals surface area contributed by atoms with Crippen molar-refractivity contribution in [2.75, 3.05) is 6.61 Å². The van der Waals surface area contributed by atoms with Gasteiger partial charge in [-0.1, -0.05) is 6.92 Å². The number of ether oxygens (including phenoxy) is 1. The van der Waals surface area contributed by atoms with Gasteiger partial charge in [0.15, 0.2) is 0 Å². The lowest BCUT2D eigenvalue weighted by Crippen LogP contribution is -1.94. The first-order valence-corrected chi connectivity index (χ1v) is 3.49. The van der Waals surface area contributed by atoms with Crippen molar-refractivity contribution in [3.63, 3.8) is 0 Å². The number of hydrogen-bond donors (Lipinski definition) is 0. The quantitative estimate of drug-likeness (QED) is 0.648. The Bertz CT molecular complexity index is 205. The summed E-state index contributed by atoms with van der Waals surface area (Å²) in [5.74, 6) is 0.460. The van der Waals surface area contributed by atoms with Gasteiger partial charge in [0.05, 0.1) is 6.61 Å². The first-order chi connectivity index (χ1) is 5.33. The van der Waals surface area contributed by atoms with Gasteiger partial charge in [-0.05, 0) is 30.7 Å². The summed E-state index contributed by atoms with van der Waals surface area (Å²) in [7, 11) is 0. The standard InChI is InChI=1S/C9H10FO/c1-2-7-11-9-5-3-8(10)4-6-9/h2-6H,7H2,1H3. The fourth-order valence-electron chi connectivity index (χ4n) is 0.710. The minimum absolute atomic E-state index is 0.238. The fourth-order valence-corrected chi connectivity index (χ4v) is 0.710. The van der Waals surface area contributed by atoms with Crippen LogP contribution in [0.1, 0.15) is 6.92 Å². The maximum absolute atomic E-state index is 12.3. The Balaban J connectivity index is 2.52. The van der Waals surface area contributed by atoms with Crippen LogP contribution in [-0.4, -0.2) is 6.61 Å².